The normalized spacial score (nSPS) is 10.0. The van der Waals surface area contributed by atoms with Gasteiger partial charge in [-0.05, 0) is 23.8 Å². The number of amides is 1. The van der Waals surface area contributed by atoms with Crippen molar-refractivity contribution < 1.29 is 18.7 Å². The first-order valence-electron chi connectivity index (χ1n) is 6.34. The fraction of sp³-hybridized carbons (Fsp3) is 0.125. The first kappa shape index (κ1) is 14.7. The van der Waals surface area contributed by atoms with E-state index in [2.05, 4.69) is 5.32 Å². The molecule has 1 amide bonds. The lowest BCUT2D eigenvalue weighted by Crippen LogP contribution is -2.10. The van der Waals surface area contributed by atoms with Crippen molar-refractivity contribution in [2.45, 2.75) is 13.5 Å². The number of hydrogen-bond acceptors (Lipinski definition) is 3. The fourth-order valence-electron chi connectivity index (χ4n) is 1.76. The van der Waals surface area contributed by atoms with E-state index in [9.17, 15) is 14.0 Å². The number of carbonyl (C=O) groups excluding carboxylic acids is 2. The van der Waals surface area contributed by atoms with Crippen molar-refractivity contribution in [3.05, 3.63) is 65.5 Å². The standard InChI is InChI=1S/C16H14FNO3/c1-11(19)18-13-7-8-15(17)14(9-13)16(20)21-10-12-5-3-2-4-6-12/h2-9H,10H2,1H3,(H,18,19). The number of nitrogens with one attached hydrogen (secondary N) is 1. The monoisotopic (exact) mass is 287 g/mol. The predicted molar refractivity (Wildman–Crippen MR) is 76.3 cm³/mol. The van der Waals surface area contributed by atoms with Gasteiger partial charge in [0.05, 0.1) is 5.56 Å². The molecule has 0 aliphatic heterocycles. The van der Waals surface area contributed by atoms with Crippen LogP contribution in [0.1, 0.15) is 22.8 Å². The van der Waals surface area contributed by atoms with Crippen LogP contribution in [0, 0.1) is 5.82 Å². The summed E-state index contributed by atoms with van der Waals surface area (Å²) in [4.78, 5) is 22.9. The first-order valence-corrected chi connectivity index (χ1v) is 6.34. The van der Waals surface area contributed by atoms with Crippen LogP contribution >= 0.6 is 0 Å². The van der Waals surface area contributed by atoms with Crippen LogP contribution in [0.5, 0.6) is 0 Å². The van der Waals surface area contributed by atoms with Crippen LogP contribution in [0.25, 0.3) is 0 Å². The minimum Gasteiger partial charge on any atom is -0.457 e. The minimum atomic E-state index is -0.774. The maximum Gasteiger partial charge on any atom is 0.341 e. The second kappa shape index (κ2) is 6.65. The number of hydrogen-bond donors (Lipinski definition) is 1. The van der Waals surface area contributed by atoms with Gasteiger partial charge in [-0.3, -0.25) is 4.79 Å². The molecule has 2 aromatic carbocycles. The van der Waals surface area contributed by atoms with Crippen molar-refractivity contribution in [3.8, 4) is 0 Å². The molecule has 0 radical (unpaired) electrons. The molecule has 0 bridgehead atoms. The van der Waals surface area contributed by atoms with E-state index in [1.54, 1.807) is 12.1 Å². The molecule has 0 fully saturated rings. The van der Waals surface area contributed by atoms with Gasteiger partial charge in [-0.15, -0.1) is 0 Å². The summed E-state index contributed by atoms with van der Waals surface area (Å²) >= 11 is 0. The van der Waals surface area contributed by atoms with Crippen LogP contribution < -0.4 is 5.32 Å². The Bertz CT molecular complexity index is 656. The molecule has 2 aromatic rings. The van der Waals surface area contributed by atoms with Gasteiger partial charge in [-0.2, -0.15) is 0 Å². The number of benzene rings is 2. The molecule has 1 N–H and O–H groups in total. The largest absolute Gasteiger partial charge is 0.457 e. The van der Waals surface area contributed by atoms with E-state index in [0.29, 0.717) is 5.69 Å². The predicted octanol–water partition coefficient (Wildman–Crippen LogP) is 3.14. The molecule has 0 heterocycles. The molecule has 0 saturated heterocycles. The highest BCUT2D eigenvalue weighted by Gasteiger charge is 2.14. The third-order valence-corrected chi connectivity index (χ3v) is 2.72. The molecule has 0 aromatic heterocycles. The second-order valence-electron chi connectivity index (χ2n) is 4.44. The van der Waals surface area contributed by atoms with Gasteiger partial charge >= 0.3 is 5.97 Å². The highest BCUT2D eigenvalue weighted by atomic mass is 19.1. The maximum atomic E-state index is 13.7. The van der Waals surface area contributed by atoms with Crippen LogP contribution in [-0.4, -0.2) is 11.9 Å². The number of rotatable bonds is 4. The minimum absolute atomic E-state index is 0.0590. The maximum absolute atomic E-state index is 13.7. The molecule has 0 atom stereocenters. The number of anilines is 1. The lowest BCUT2D eigenvalue weighted by molar-refractivity contribution is -0.114. The van der Waals surface area contributed by atoms with Gasteiger partial charge < -0.3 is 10.1 Å². The van der Waals surface area contributed by atoms with Crippen molar-refractivity contribution in [2.24, 2.45) is 0 Å². The third-order valence-electron chi connectivity index (χ3n) is 2.72. The Kier molecular flexibility index (Phi) is 4.66. The van der Waals surface area contributed by atoms with Crippen molar-refractivity contribution >= 4 is 17.6 Å². The molecule has 0 spiro atoms. The molecule has 0 unspecified atom stereocenters. The van der Waals surface area contributed by atoms with E-state index in [4.69, 9.17) is 4.74 Å². The van der Waals surface area contributed by atoms with E-state index >= 15 is 0 Å². The Morgan fingerprint density at radius 3 is 2.52 bits per heavy atom. The second-order valence-corrected chi connectivity index (χ2v) is 4.44. The van der Waals surface area contributed by atoms with Crippen LogP contribution in [0.2, 0.25) is 0 Å². The van der Waals surface area contributed by atoms with Gasteiger partial charge in [0.1, 0.15) is 12.4 Å². The van der Waals surface area contributed by atoms with Crippen molar-refractivity contribution in [1.82, 2.24) is 0 Å². The van der Waals surface area contributed by atoms with Crippen LogP contribution in [-0.2, 0) is 16.1 Å². The van der Waals surface area contributed by atoms with E-state index in [0.717, 1.165) is 11.6 Å². The molecular weight excluding hydrogens is 273 g/mol. The summed E-state index contributed by atoms with van der Waals surface area (Å²) in [6, 6.07) is 12.8. The molecule has 21 heavy (non-hydrogen) atoms. The SMILES string of the molecule is CC(=O)Nc1ccc(F)c(C(=O)OCc2ccccc2)c1. The summed E-state index contributed by atoms with van der Waals surface area (Å²) in [5, 5.41) is 2.49. The van der Waals surface area contributed by atoms with E-state index in [-0.39, 0.29) is 18.1 Å². The number of halogens is 1. The number of carbonyl (C=O) groups is 2. The molecule has 5 heteroatoms. The van der Waals surface area contributed by atoms with Crippen LogP contribution in [0.3, 0.4) is 0 Å². The average Bonchev–Trinajstić information content (AvgIpc) is 2.47. The molecule has 0 saturated carbocycles. The topological polar surface area (TPSA) is 55.4 Å². The lowest BCUT2D eigenvalue weighted by atomic mass is 10.2. The van der Waals surface area contributed by atoms with Gasteiger partial charge in [0.15, 0.2) is 0 Å². The van der Waals surface area contributed by atoms with Crippen molar-refractivity contribution in [3.63, 3.8) is 0 Å². The Morgan fingerprint density at radius 1 is 1.14 bits per heavy atom. The summed E-state index contributed by atoms with van der Waals surface area (Å²) in [5.74, 6) is -1.77. The summed E-state index contributed by atoms with van der Waals surface area (Å²) in [7, 11) is 0. The zero-order valence-corrected chi connectivity index (χ0v) is 11.4. The average molecular weight is 287 g/mol. The van der Waals surface area contributed by atoms with Gasteiger partial charge in [-0.1, -0.05) is 30.3 Å². The lowest BCUT2D eigenvalue weighted by Gasteiger charge is -2.08. The van der Waals surface area contributed by atoms with Gasteiger partial charge in [-0.25, -0.2) is 9.18 Å². The quantitative estimate of drug-likeness (QED) is 0.879. The number of esters is 1. The van der Waals surface area contributed by atoms with Crippen molar-refractivity contribution in [1.29, 1.82) is 0 Å². The molecule has 108 valence electrons. The summed E-state index contributed by atoms with van der Waals surface area (Å²) in [6.45, 7) is 1.39. The molecular formula is C16H14FNO3. The fourth-order valence-corrected chi connectivity index (χ4v) is 1.76. The van der Waals surface area contributed by atoms with E-state index in [1.165, 1.54) is 19.1 Å². The Morgan fingerprint density at radius 2 is 1.86 bits per heavy atom. The first-order chi connectivity index (χ1) is 10.1. The van der Waals surface area contributed by atoms with Crippen LogP contribution in [0.15, 0.2) is 48.5 Å². The summed E-state index contributed by atoms with van der Waals surface area (Å²) in [6.07, 6.45) is 0. The smallest absolute Gasteiger partial charge is 0.341 e. The highest BCUT2D eigenvalue weighted by Crippen LogP contribution is 2.16. The Balaban J connectivity index is 2.09. The van der Waals surface area contributed by atoms with E-state index < -0.39 is 11.8 Å². The molecule has 2 rings (SSSR count). The Labute approximate surface area is 121 Å². The zero-order chi connectivity index (χ0) is 15.2. The van der Waals surface area contributed by atoms with Gasteiger partial charge in [0.2, 0.25) is 5.91 Å². The number of ether oxygens (including phenoxy) is 1. The van der Waals surface area contributed by atoms with Gasteiger partial charge in [0.25, 0.3) is 0 Å². The van der Waals surface area contributed by atoms with Crippen LogP contribution in [0.4, 0.5) is 10.1 Å². The highest BCUT2D eigenvalue weighted by molar-refractivity contribution is 5.93. The third kappa shape index (κ3) is 4.14. The Hall–Kier alpha value is -2.69. The molecule has 0 aliphatic carbocycles. The molecule has 0 aliphatic rings. The molecule has 4 nitrogen and oxygen atoms in total. The van der Waals surface area contributed by atoms with Gasteiger partial charge in [0, 0.05) is 12.6 Å². The summed E-state index contributed by atoms with van der Waals surface area (Å²) < 4.78 is 18.7. The summed E-state index contributed by atoms with van der Waals surface area (Å²) in [5.41, 5.74) is 0.942. The van der Waals surface area contributed by atoms with Crippen molar-refractivity contribution in [2.75, 3.05) is 5.32 Å². The van der Waals surface area contributed by atoms with E-state index in [1.807, 2.05) is 18.2 Å². The zero-order valence-electron chi connectivity index (χ0n) is 11.4.